The van der Waals surface area contributed by atoms with E-state index < -0.39 is 45.7 Å². The minimum atomic E-state index is -3.92. The molecule has 1 saturated heterocycles. The lowest BCUT2D eigenvalue weighted by Crippen LogP contribution is -2.48. The Hall–Kier alpha value is -2.45. The Kier molecular flexibility index (Phi) is 7.25. The molecule has 174 valence electrons. The monoisotopic (exact) mass is 463 g/mol. The van der Waals surface area contributed by atoms with Crippen LogP contribution in [0.15, 0.2) is 54.6 Å². The maximum Gasteiger partial charge on any atom is 0.410 e. The van der Waals surface area contributed by atoms with Gasteiger partial charge in [0.25, 0.3) is 10.1 Å². The Morgan fingerprint density at radius 2 is 1.72 bits per heavy atom. The number of carbonyl (C=O) groups is 1. The molecule has 0 bridgehead atoms. The smallest absolute Gasteiger partial charge is 0.410 e. The highest BCUT2D eigenvalue weighted by atomic mass is 32.2. The van der Waals surface area contributed by atoms with Crippen LogP contribution in [0.25, 0.3) is 0 Å². The molecule has 0 N–H and O–H groups in total. The highest BCUT2D eigenvalue weighted by Crippen LogP contribution is 2.38. The number of benzene rings is 2. The van der Waals surface area contributed by atoms with Crippen LogP contribution in [-0.4, -0.2) is 50.0 Å². The number of ether oxygens (including phenoxy) is 1. The molecule has 3 atom stereocenters. The highest BCUT2D eigenvalue weighted by molar-refractivity contribution is 7.86. The molecule has 1 fully saturated rings. The first kappa shape index (κ1) is 24.2. The molecule has 32 heavy (non-hydrogen) atoms. The maximum atomic E-state index is 15.0. The van der Waals surface area contributed by atoms with Crippen LogP contribution >= 0.6 is 0 Å². The SMILES string of the molecule is CC(C)(C)OC(=O)N1CCC[C@@H]1[C@@H](OS(C)(=O)=O)[C@@H](c1ccccc1)c1ccccc1F. The van der Waals surface area contributed by atoms with Gasteiger partial charge < -0.3 is 9.64 Å². The topological polar surface area (TPSA) is 72.9 Å². The summed E-state index contributed by atoms with van der Waals surface area (Å²) in [6.45, 7) is 5.72. The molecule has 0 radical (unpaired) electrons. The van der Waals surface area contributed by atoms with E-state index in [1.165, 1.54) is 11.0 Å². The van der Waals surface area contributed by atoms with Crippen LogP contribution in [-0.2, 0) is 19.0 Å². The van der Waals surface area contributed by atoms with Gasteiger partial charge >= 0.3 is 6.09 Å². The average molecular weight is 464 g/mol. The van der Waals surface area contributed by atoms with Crippen LogP contribution in [0.4, 0.5) is 9.18 Å². The second-order valence-corrected chi connectivity index (χ2v) is 10.7. The lowest BCUT2D eigenvalue weighted by atomic mass is 9.82. The molecule has 0 aliphatic carbocycles. The van der Waals surface area contributed by atoms with Crippen molar-refractivity contribution >= 4 is 16.2 Å². The summed E-state index contributed by atoms with van der Waals surface area (Å²) in [5.41, 5.74) is 0.299. The van der Waals surface area contributed by atoms with Gasteiger partial charge in [0.1, 0.15) is 17.5 Å². The van der Waals surface area contributed by atoms with Gasteiger partial charge in [0.2, 0.25) is 0 Å². The molecule has 6 nitrogen and oxygen atoms in total. The van der Waals surface area contributed by atoms with E-state index >= 15 is 0 Å². The lowest BCUT2D eigenvalue weighted by molar-refractivity contribution is 0.00783. The van der Waals surface area contributed by atoms with E-state index in [2.05, 4.69) is 0 Å². The van der Waals surface area contributed by atoms with Crippen molar-refractivity contribution in [2.24, 2.45) is 0 Å². The van der Waals surface area contributed by atoms with Crippen molar-refractivity contribution in [2.45, 2.75) is 57.3 Å². The normalized spacial score (nSPS) is 18.9. The quantitative estimate of drug-likeness (QED) is 0.581. The Bertz CT molecular complexity index is 1040. The molecule has 1 amide bonds. The van der Waals surface area contributed by atoms with Gasteiger partial charge in [0.15, 0.2) is 0 Å². The molecule has 1 aliphatic rings. The summed E-state index contributed by atoms with van der Waals surface area (Å²) < 4.78 is 50.8. The molecule has 3 rings (SSSR count). The van der Waals surface area contributed by atoms with Gasteiger partial charge in [0, 0.05) is 12.5 Å². The van der Waals surface area contributed by atoms with Gasteiger partial charge in [-0.3, -0.25) is 4.18 Å². The number of amides is 1. The molecular formula is C24H30FNO5S. The zero-order chi connectivity index (χ0) is 23.5. The fourth-order valence-corrected chi connectivity index (χ4v) is 4.80. The van der Waals surface area contributed by atoms with Crippen molar-refractivity contribution in [1.29, 1.82) is 0 Å². The zero-order valence-electron chi connectivity index (χ0n) is 18.8. The molecule has 1 aliphatic heterocycles. The first-order chi connectivity index (χ1) is 15.0. The molecule has 1 heterocycles. The first-order valence-electron chi connectivity index (χ1n) is 10.6. The number of hydrogen-bond donors (Lipinski definition) is 0. The van der Waals surface area contributed by atoms with Crippen molar-refractivity contribution < 1.29 is 26.5 Å². The Morgan fingerprint density at radius 1 is 1.09 bits per heavy atom. The third-order valence-corrected chi connectivity index (χ3v) is 5.89. The predicted octanol–water partition coefficient (Wildman–Crippen LogP) is 4.70. The van der Waals surface area contributed by atoms with E-state index in [-0.39, 0.29) is 0 Å². The number of halogens is 1. The van der Waals surface area contributed by atoms with Crippen molar-refractivity contribution in [3.63, 3.8) is 0 Å². The maximum absolute atomic E-state index is 15.0. The number of rotatable bonds is 6. The fourth-order valence-electron chi connectivity index (χ4n) is 4.16. The van der Waals surface area contributed by atoms with Crippen LogP contribution in [0, 0.1) is 5.82 Å². The van der Waals surface area contributed by atoms with E-state index in [9.17, 15) is 17.6 Å². The van der Waals surface area contributed by atoms with Crippen LogP contribution in [0.1, 0.15) is 50.7 Å². The molecule has 0 aromatic heterocycles. The highest BCUT2D eigenvalue weighted by Gasteiger charge is 2.44. The number of carbonyl (C=O) groups excluding carboxylic acids is 1. The summed E-state index contributed by atoms with van der Waals surface area (Å²) in [7, 11) is -3.92. The van der Waals surface area contributed by atoms with E-state index in [0.717, 1.165) is 6.26 Å². The van der Waals surface area contributed by atoms with E-state index in [1.54, 1.807) is 51.1 Å². The van der Waals surface area contributed by atoms with Gasteiger partial charge in [-0.15, -0.1) is 0 Å². The number of likely N-dealkylation sites (tertiary alicyclic amines) is 1. The van der Waals surface area contributed by atoms with Crippen molar-refractivity contribution in [1.82, 2.24) is 4.90 Å². The minimum absolute atomic E-state index is 0.309. The minimum Gasteiger partial charge on any atom is -0.444 e. The van der Waals surface area contributed by atoms with Crippen molar-refractivity contribution in [2.75, 3.05) is 12.8 Å². The second kappa shape index (κ2) is 9.58. The third-order valence-electron chi connectivity index (χ3n) is 5.32. The largest absolute Gasteiger partial charge is 0.444 e. The third kappa shape index (κ3) is 6.07. The summed E-state index contributed by atoms with van der Waals surface area (Å²) in [6, 6.07) is 14.7. The second-order valence-electron chi connectivity index (χ2n) is 9.06. The summed E-state index contributed by atoms with van der Waals surface area (Å²) in [5, 5.41) is 0. The standard InChI is InChI=1S/C24H30FNO5S/c1-24(2,3)30-23(27)26-16-10-15-20(26)22(31-32(4,28)29)21(17-11-6-5-7-12-17)18-13-8-9-14-19(18)25/h5-9,11-14,20-22H,10,15-16H2,1-4H3/t20-,21+,22-/m1/s1. The lowest BCUT2D eigenvalue weighted by Gasteiger charge is -2.36. The number of hydrogen-bond acceptors (Lipinski definition) is 5. The van der Waals surface area contributed by atoms with Gasteiger partial charge in [-0.2, -0.15) is 8.42 Å². The molecule has 2 aromatic carbocycles. The first-order valence-corrected chi connectivity index (χ1v) is 12.5. The Balaban J connectivity index is 2.11. The van der Waals surface area contributed by atoms with Crippen LogP contribution in [0.5, 0.6) is 0 Å². The summed E-state index contributed by atoms with van der Waals surface area (Å²) >= 11 is 0. The Morgan fingerprint density at radius 3 is 2.31 bits per heavy atom. The van der Waals surface area contributed by atoms with Gasteiger partial charge in [-0.1, -0.05) is 48.5 Å². The van der Waals surface area contributed by atoms with Gasteiger partial charge in [-0.25, -0.2) is 9.18 Å². The van der Waals surface area contributed by atoms with E-state index in [4.69, 9.17) is 8.92 Å². The van der Waals surface area contributed by atoms with Crippen molar-refractivity contribution in [3.05, 3.63) is 71.5 Å². The summed E-state index contributed by atoms with van der Waals surface area (Å²) in [4.78, 5) is 14.4. The molecule has 0 unspecified atom stereocenters. The summed E-state index contributed by atoms with van der Waals surface area (Å²) in [5.74, 6) is -1.22. The molecule has 8 heteroatoms. The van der Waals surface area contributed by atoms with Crippen molar-refractivity contribution in [3.8, 4) is 0 Å². The summed E-state index contributed by atoms with van der Waals surface area (Å²) in [6.07, 6.45) is 0.571. The van der Waals surface area contributed by atoms with Crippen LogP contribution in [0.3, 0.4) is 0 Å². The van der Waals surface area contributed by atoms with Gasteiger partial charge in [0.05, 0.1) is 12.3 Å². The fraction of sp³-hybridized carbons (Fsp3) is 0.458. The molecule has 0 saturated carbocycles. The number of nitrogens with zero attached hydrogens (tertiary/aromatic N) is 1. The molecule has 0 spiro atoms. The van der Waals surface area contributed by atoms with Gasteiger partial charge in [-0.05, 0) is 50.8 Å². The molecular weight excluding hydrogens is 433 g/mol. The Labute approximate surface area is 189 Å². The van der Waals surface area contributed by atoms with E-state index in [0.29, 0.717) is 30.5 Å². The predicted molar refractivity (Wildman–Crippen MR) is 120 cm³/mol. The zero-order valence-corrected chi connectivity index (χ0v) is 19.6. The molecule has 2 aromatic rings. The average Bonchev–Trinajstić information content (AvgIpc) is 3.17. The van der Waals surface area contributed by atoms with Crippen LogP contribution in [0.2, 0.25) is 0 Å². The van der Waals surface area contributed by atoms with Crippen LogP contribution < -0.4 is 0 Å². The van der Waals surface area contributed by atoms with E-state index in [1.807, 2.05) is 18.2 Å².